The summed E-state index contributed by atoms with van der Waals surface area (Å²) in [6.07, 6.45) is 3.35. The molecule has 1 aromatic carbocycles. The maximum atomic E-state index is 5.15. The predicted molar refractivity (Wildman–Crippen MR) is 65.1 cm³/mol. The monoisotopic (exact) mass is 213 g/mol. The van der Waals surface area contributed by atoms with Crippen LogP contribution in [-0.2, 0) is 0 Å². The number of hydrogen-bond donors (Lipinski definition) is 2. The standard InChI is InChI=1S/C11H11N5/c12-11(13)16-15-7-8-3-4-10-9(6-8)2-1-5-14-10/h1-7H,(H4,12,13,16). The van der Waals surface area contributed by atoms with E-state index in [0.29, 0.717) is 0 Å². The molecule has 1 aromatic heterocycles. The van der Waals surface area contributed by atoms with Crippen LogP contribution in [-0.4, -0.2) is 17.2 Å². The molecule has 5 heteroatoms. The molecule has 2 rings (SSSR count). The third-order valence-corrected chi connectivity index (χ3v) is 2.01. The second-order valence-electron chi connectivity index (χ2n) is 3.22. The Morgan fingerprint density at radius 1 is 1.25 bits per heavy atom. The predicted octanol–water partition coefficient (Wildman–Crippen LogP) is 0.842. The van der Waals surface area contributed by atoms with Gasteiger partial charge in [-0.3, -0.25) is 4.98 Å². The van der Waals surface area contributed by atoms with Gasteiger partial charge in [0.2, 0.25) is 5.96 Å². The van der Waals surface area contributed by atoms with E-state index in [-0.39, 0.29) is 5.96 Å². The fraction of sp³-hybridized carbons (Fsp3) is 0. The topological polar surface area (TPSA) is 89.7 Å². The summed E-state index contributed by atoms with van der Waals surface area (Å²) in [5, 5.41) is 8.32. The molecule has 0 aliphatic rings. The Morgan fingerprint density at radius 2 is 2.12 bits per heavy atom. The maximum Gasteiger partial charge on any atom is 0.211 e. The van der Waals surface area contributed by atoms with Crippen molar-refractivity contribution in [3.63, 3.8) is 0 Å². The van der Waals surface area contributed by atoms with Crippen molar-refractivity contribution >= 4 is 23.1 Å². The van der Waals surface area contributed by atoms with Crippen LogP contribution in [0.25, 0.3) is 10.9 Å². The molecule has 80 valence electrons. The Balaban J connectivity index is 2.33. The molecule has 2 aromatic rings. The third-order valence-electron chi connectivity index (χ3n) is 2.01. The summed E-state index contributed by atoms with van der Waals surface area (Å²) in [4.78, 5) is 4.22. The molecule has 16 heavy (non-hydrogen) atoms. The number of guanidine groups is 1. The first-order chi connectivity index (χ1) is 7.75. The third kappa shape index (κ3) is 2.33. The molecule has 0 radical (unpaired) electrons. The zero-order valence-electron chi connectivity index (χ0n) is 8.54. The number of pyridine rings is 1. The van der Waals surface area contributed by atoms with E-state index in [1.807, 2.05) is 30.3 Å². The van der Waals surface area contributed by atoms with E-state index in [2.05, 4.69) is 15.2 Å². The van der Waals surface area contributed by atoms with Crippen molar-refractivity contribution in [2.75, 3.05) is 0 Å². The number of nitrogens with zero attached hydrogens (tertiary/aromatic N) is 3. The van der Waals surface area contributed by atoms with E-state index in [0.717, 1.165) is 16.5 Å². The van der Waals surface area contributed by atoms with E-state index in [9.17, 15) is 0 Å². The van der Waals surface area contributed by atoms with Gasteiger partial charge in [-0.05, 0) is 23.8 Å². The van der Waals surface area contributed by atoms with Crippen molar-refractivity contribution < 1.29 is 0 Å². The highest BCUT2D eigenvalue weighted by molar-refractivity contribution is 5.88. The van der Waals surface area contributed by atoms with E-state index >= 15 is 0 Å². The van der Waals surface area contributed by atoms with Gasteiger partial charge in [-0.2, -0.15) is 5.10 Å². The summed E-state index contributed by atoms with van der Waals surface area (Å²) in [6.45, 7) is 0. The summed E-state index contributed by atoms with van der Waals surface area (Å²) in [6, 6.07) is 9.67. The van der Waals surface area contributed by atoms with Gasteiger partial charge < -0.3 is 11.5 Å². The summed E-state index contributed by atoms with van der Waals surface area (Å²) < 4.78 is 0. The zero-order chi connectivity index (χ0) is 11.4. The normalized spacial score (nSPS) is 10.8. The number of rotatable bonds is 2. The van der Waals surface area contributed by atoms with Crippen LogP contribution in [0.1, 0.15) is 5.56 Å². The van der Waals surface area contributed by atoms with Crippen molar-refractivity contribution in [3.8, 4) is 0 Å². The lowest BCUT2D eigenvalue weighted by Crippen LogP contribution is -2.21. The highest BCUT2D eigenvalue weighted by Crippen LogP contribution is 2.11. The SMILES string of the molecule is NC(N)=NN=Cc1ccc2ncccc2c1. The Morgan fingerprint density at radius 3 is 2.94 bits per heavy atom. The fourth-order valence-corrected chi connectivity index (χ4v) is 1.34. The van der Waals surface area contributed by atoms with Gasteiger partial charge in [-0.15, -0.1) is 5.10 Å². The van der Waals surface area contributed by atoms with Crippen molar-refractivity contribution in [1.82, 2.24) is 4.98 Å². The highest BCUT2D eigenvalue weighted by Gasteiger charge is 1.93. The van der Waals surface area contributed by atoms with Gasteiger partial charge in [-0.25, -0.2) is 0 Å². The van der Waals surface area contributed by atoms with Gasteiger partial charge in [0.25, 0.3) is 0 Å². The first-order valence-electron chi connectivity index (χ1n) is 4.72. The molecule has 0 atom stereocenters. The molecule has 0 amide bonds. The lowest BCUT2D eigenvalue weighted by molar-refractivity contribution is 1.21. The summed E-state index contributed by atoms with van der Waals surface area (Å²) >= 11 is 0. The van der Waals surface area contributed by atoms with Crippen molar-refractivity contribution in [1.29, 1.82) is 0 Å². The van der Waals surface area contributed by atoms with Gasteiger partial charge in [-0.1, -0.05) is 12.1 Å². The number of nitrogens with two attached hydrogens (primary N) is 2. The quantitative estimate of drug-likeness (QED) is 0.440. The Kier molecular flexibility index (Phi) is 2.77. The molecule has 1 heterocycles. The average Bonchev–Trinajstić information content (AvgIpc) is 2.28. The van der Waals surface area contributed by atoms with Crippen molar-refractivity contribution in [2.45, 2.75) is 0 Å². The van der Waals surface area contributed by atoms with Gasteiger partial charge in [0.1, 0.15) is 0 Å². The van der Waals surface area contributed by atoms with Crippen LogP contribution >= 0.6 is 0 Å². The Labute approximate surface area is 92.5 Å². The lowest BCUT2D eigenvalue weighted by atomic mass is 10.1. The molecule has 5 nitrogen and oxygen atoms in total. The minimum Gasteiger partial charge on any atom is -0.369 e. The fourth-order valence-electron chi connectivity index (χ4n) is 1.34. The number of aromatic nitrogens is 1. The second kappa shape index (κ2) is 4.39. The van der Waals surface area contributed by atoms with Crippen LogP contribution in [0.15, 0.2) is 46.7 Å². The van der Waals surface area contributed by atoms with Gasteiger partial charge in [0.05, 0.1) is 11.7 Å². The lowest BCUT2D eigenvalue weighted by Gasteiger charge is -1.96. The average molecular weight is 213 g/mol. The van der Waals surface area contributed by atoms with Gasteiger partial charge in [0.15, 0.2) is 0 Å². The molecule has 0 aliphatic carbocycles. The van der Waals surface area contributed by atoms with Crippen LogP contribution in [0.4, 0.5) is 0 Å². The van der Waals surface area contributed by atoms with Gasteiger partial charge >= 0.3 is 0 Å². The largest absolute Gasteiger partial charge is 0.369 e. The first kappa shape index (κ1) is 10.1. The zero-order valence-corrected chi connectivity index (χ0v) is 8.54. The number of hydrogen-bond acceptors (Lipinski definition) is 3. The molecule has 0 bridgehead atoms. The summed E-state index contributed by atoms with van der Waals surface area (Å²) in [7, 11) is 0. The molecule has 0 aliphatic heterocycles. The van der Waals surface area contributed by atoms with Crippen LogP contribution in [0, 0.1) is 0 Å². The summed E-state index contributed by atoms with van der Waals surface area (Å²) in [5.41, 5.74) is 12.2. The number of fused-ring (bicyclic) bond motifs is 1. The molecule has 0 unspecified atom stereocenters. The van der Waals surface area contributed by atoms with Gasteiger partial charge in [0, 0.05) is 11.6 Å². The molecular weight excluding hydrogens is 202 g/mol. The molecular formula is C11H11N5. The van der Waals surface area contributed by atoms with Crippen LogP contribution in [0.5, 0.6) is 0 Å². The Hall–Kier alpha value is -2.43. The molecule has 0 saturated heterocycles. The maximum absolute atomic E-state index is 5.15. The number of benzene rings is 1. The minimum absolute atomic E-state index is 0.0568. The van der Waals surface area contributed by atoms with E-state index in [1.54, 1.807) is 12.4 Å². The molecule has 0 spiro atoms. The van der Waals surface area contributed by atoms with E-state index in [1.165, 1.54) is 0 Å². The van der Waals surface area contributed by atoms with Crippen LogP contribution in [0.2, 0.25) is 0 Å². The molecule has 0 fully saturated rings. The van der Waals surface area contributed by atoms with E-state index < -0.39 is 0 Å². The smallest absolute Gasteiger partial charge is 0.211 e. The van der Waals surface area contributed by atoms with Crippen LogP contribution < -0.4 is 11.5 Å². The first-order valence-corrected chi connectivity index (χ1v) is 4.72. The van der Waals surface area contributed by atoms with Crippen molar-refractivity contribution in [3.05, 3.63) is 42.1 Å². The van der Waals surface area contributed by atoms with Crippen LogP contribution in [0.3, 0.4) is 0 Å². The minimum atomic E-state index is -0.0568. The van der Waals surface area contributed by atoms with E-state index in [4.69, 9.17) is 11.5 Å². The molecule has 0 saturated carbocycles. The molecule has 4 N–H and O–H groups in total. The Bertz CT molecular complexity index is 555. The highest BCUT2D eigenvalue weighted by atomic mass is 15.3. The van der Waals surface area contributed by atoms with Crippen molar-refractivity contribution in [2.24, 2.45) is 21.7 Å². The second-order valence-corrected chi connectivity index (χ2v) is 3.22. The summed E-state index contributed by atoms with van der Waals surface area (Å²) in [5.74, 6) is -0.0568.